The van der Waals surface area contributed by atoms with Crippen LogP contribution >= 0.6 is 31.9 Å². The van der Waals surface area contributed by atoms with E-state index in [9.17, 15) is 4.79 Å². The maximum atomic E-state index is 13.7. The van der Waals surface area contributed by atoms with Gasteiger partial charge in [-0.25, -0.2) is 0 Å². The summed E-state index contributed by atoms with van der Waals surface area (Å²) in [6, 6.07) is 35.8. The van der Waals surface area contributed by atoms with Crippen molar-refractivity contribution in [2.45, 2.75) is 25.0 Å². The lowest BCUT2D eigenvalue weighted by Gasteiger charge is -2.21. The summed E-state index contributed by atoms with van der Waals surface area (Å²) in [4.78, 5) is 13.7. The summed E-state index contributed by atoms with van der Waals surface area (Å²) in [7, 11) is 0. The molecule has 0 saturated carbocycles. The molecule has 2 unspecified atom stereocenters. The Hall–Kier alpha value is -2.89. The van der Waals surface area contributed by atoms with Gasteiger partial charge in [-0.3, -0.25) is 4.79 Å². The Morgan fingerprint density at radius 1 is 0.583 bits per heavy atom. The first-order valence-electron chi connectivity index (χ1n) is 11.9. The second-order valence-electron chi connectivity index (χ2n) is 8.51. The number of carbonyl (C=O) groups is 1. The van der Waals surface area contributed by atoms with Crippen LogP contribution in [-0.2, 0) is 18.0 Å². The van der Waals surface area contributed by atoms with Crippen LogP contribution in [-0.4, -0.2) is 16.4 Å². The van der Waals surface area contributed by atoms with E-state index < -0.39 is 0 Å². The lowest BCUT2D eigenvalue weighted by Crippen LogP contribution is -2.23. The fourth-order valence-corrected chi connectivity index (χ4v) is 5.41. The van der Waals surface area contributed by atoms with Crippen molar-refractivity contribution in [1.29, 1.82) is 0 Å². The summed E-state index contributed by atoms with van der Waals surface area (Å²) in [6.07, 6.45) is 0. The number of benzene rings is 4. The Kier molecular flexibility index (Phi) is 9.76. The van der Waals surface area contributed by atoms with Crippen LogP contribution in [0.2, 0.25) is 0 Å². The van der Waals surface area contributed by atoms with Gasteiger partial charge in [-0.15, -0.1) is 0 Å². The lowest BCUT2D eigenvalue weighted by atomic mass is 9.85. The smallest absolute Gasteiger partial charge is 0.149 e. The molecule has 36 heavy (non-hydrogen) atoms. The minimum absolute atomic E-state index is 0.143. The van der Waals surface area contributed by atoms with Gasteiger partial charge < -0.3 is 9.47 Å². The van der Waals surface area contributed by atoms with Crippen LogP contribution in [0.15, 0.2) is 109 Å². The van der Waals surface area contributed by atoms with Crippen molar-refractivity contribution in [3.63, 3.8) is 0 Å². The molecule has 4 aromatic carbocycles. The van der Waals surface area contributed by atoms with E-state index in [1.807, 2.05) is 109 Å². The predicted molar refractivity (Wildman–Crippen MR) is 153 cm³/mol. The van der Waals surface area contributed by atoms with Gasteiger partial charge in [-0.05, 0) is 46.5 Å². The van der Waals surface area contributed by atoms with Crippen LogP contribution in [0.5, 0.6) is 11.5 Å². The number of rotatable bonds is 12. The first-order valence-corrected chi connectivity index (χ1v) is 14.1. The highest BCUT2D eigenvalue weighted by molar-refractivity contribution is 9.09. The Labute approximate surface area is 229 Å². The molecule has 0 fully saturated rings. The van der Waals surface area contributed by atoms with E-state index in [-0.39, 0.29) is 17.6 Å². The molecule has 4 aromatic rings. The largest absolute Gasteiger partial charge is 0.489 e. The topological polar surface area (TPSA) is 35.5 Å². The van der Waals surface area contributed by atoms with Crippen molar-refractivity contribution in [1.82, 2.24) is 0 Å². The van der Waals surface area contributed by atoms with E-state index in [0.29, 0.717) is 23.9 Å². The van der Waals surface area contributed by atoms with Crippen LogP contribution < -0.4 is 9.47 Å². The second kappa shape index (κ2) is 13.4. The quantitative estimate of drug-likeness (QED) is 0.153. The van der Waals surface area contributed by atoms with Crippen molar-refractivity contribution >= 4 is 37.6 Å². The van der Waals surface area contributed by atoms with Gasteiger partial charge in [0, 0.05) is 10.7 Å². The van der Waals surface area contributed by atoms with Crippen molar-refractivity contribution in [3.8, 4) is 11.5 Å². The van der Waals surface area contributed by atoms with E-state index in [2.05, 4.69) is 31.9 Å². The lowest BCUT2D eigenvalue weighted by molar-refractivity contribution is -0.121. The fourth-order valence-electron chi connectivity index (χ4n) is 4.03. The van der Waals surface area contributed by atoms with E-state index in [0.717, 1.165) is 33.8 Å². The maximum Gasteiger partial charge on any atom is 0.149 e. The Morgan fingerprint density at radius 3 is 1.39 bits per heavy atom. The first kappa shape index (κ1) is 26.2. The number of ether oxygens (including phenoxy) is 2. The molecular formula is C31H28Br2O3. The van der Waals surface area contributed by atoms with Crippen LogP contribution in [0.25, 0.3) is 0 Å². The van der Waals surface area contributed by atoms with Crippen LogP contribution in [0.4, 0.5) is 0 Å². The Balaban J connectivity index is 1.47. The standard InChI is InChI=1S/C31H28Br2O3/c32-19-29(25-13-7-15-27(17-25)35-21-23-9-3-1-4-10-23)31(34)30(20-33)26-14-8-16-28(18-26)36-22-24-11-5-2-6-12-24/h1-18,29-30H,19-22H2. The van der Waals surface area contributed by atoms with Crippen molar-refractivity contribution in [2.75, 3.05) is 10.7 Å². The molecule has 0 bridgehead atoms. The predicted octanol–water partition coefficient (Wildman–Crippen LogP) is 8.07. The number of hydrogen-bond acceptors (Lipinski definition) is 3. The molecule has 184 valence electrons. The van der Waals surface area contributed by atoms with Gasteiger partial charge in [0.25, 0.3) is 0 Å². The van der Waals surface area contributed by atoms with Gasteiger partial charge in [0.1, 0.15) is 30.5 Å². The first-order chi connectivity index (χ1) is 17.7. The van der Waals surface area contributed by atoms with Gasteiger partial charge in [-0.2, -0.15) is 0 Å². The molecule has 0 N–H and O–H groups in total. The minimum Gasteiger partial charge on any atom is -0.489 e. The van der Waals surface area contributed by atoms with Gasteiger partial charge >= 0.3 is 0 Å². The van der Waals surface area contributed by atoms with E-state index in [1.54, 1.807) is 0 Å². The molecule has 0 aliphatic rings. The zero-order valence-electron chi connectivity index (χ0n) is 19.9. The van der Waals surface area contributed by atoms with E-state index in [4.69, 9.17) is 9.47 Å². The van der Waals surface area contributed by atoms with E-state index in [1.165, 1.54) is 0 Å². The molecule has 2 atom stereocenters. The van der Waals surface area contributed by atoms with Gasteiger partial charge in [0.05, 0.1) is 11.8 Å². The number of halogens is 2. The van der Waals surface area contributed by atoms with Crippen molar-refractivity contribution in [2.24, 2.45) is 0 Å². The molecule has 5 heteroatoms. The third kappa shape index (κ3) is 7.08. The molecule has 0 spiro atoms. The highest BCUT2D eigenvalue weighted by Crippen LogP contribution is 2.32. The average molecular weight is 608 g/mol. The van der Waals surface area contributed by atoms with Gasteiger partial charge in [0.15, 0.2) is 0 Å². The molecule has 3 nitrogen and oxygen atoms in total. The summed E-state index contributed by atoms with van der Waals surface area (Å²) in [6.45, 7) is 0.966. The maximum absolute atomic E-state index is 13.7. The molecule has 0 aliphatic heterocycles. The summed E-state index contributed by atoms with van der Waals surface area (Å²) in [5, 5.41) is 1.06. The zero-order valence-corrected chi connectivity index (χ0v) is 23.0. The SMILES string of the molecule is O=C(C(CBr)c1cccc(OCc2ccccc2)c1)C(CBr)c1cccc(OCc2ccccc2)c1. The summed E-state index contributed by atoms with van der Waals surface area (Å²) >= 11 is 7.17. The molecule has 0 aromatic heterocycles. The highest BCUT2D eigenvalue weighted by atomic mass is 79.9. The molecule has 0 radical (unpaired) electrons. The fraction of sp³-hybridized carbons (Fsp3) is 0.194. The van der Waals surface area contributed by atoms with Crippen molar-refractivity contribution < 1.29 is 14.3 Å². The molecule has 0 amide bonds. The number of ketones is 1. The number of alkyl halides is 2. The van der Waals surface area contributed by atoms with Crippen LogP contribution in [0, 0.1) is 0 Å². The third-order valence-electron chi connectivity index (χ3n) is 6.01. The average Bonchev–Trinajstić information content (AvgIpc) is 2.93. The summed E-state index contributed by atoms with van der Waals surface area (Å²) in [5.41, 5.74) is 4.07. The van der Waals surface area contributed by atoms with Gasteiger partial charge in [0.2, 0.25) is 0 Å². The number of carbonyl (C=O) groups excluding carboxylic acids is 1. The van der Waals surface area contributed by atoms with E-state index >= 15 is 0 Å². The van der Waals surface area contributed by atoms with Crippen LogP contribution in [0.1, 0.15) is 34.1 Å². The number of hydrogen-bond donors (Lipinski definition) is 0. The third-order valence-corrected chi connectivity index (χ3v) is 7.31. The molecular weight excluding hydrogens is 580 g/mol. The Bertz CT molecular complexity index is 1150. The monoisotopic (exact) mass is 606 g/mol. The normalized spacial score (nSPS) is 12.5. The second-order valence-corrected chi connectivity index (χ2v) is 9.80. The molecule has 4 rings (SSSR count). The zero-order chi connectivity index (χ0) is 25.2. The molecule has 0 heterocycles. The number of Topliss-reactive ketones (excluding diaryl/α,β-unsaturated/α-hetero) is 1. The Morgan fingerprint density at radius 2 is 1.00 bits per heavy atom. The summed E-state index contributed by atoms with van der Waals surface area (Å²) in [5.74, 6) is 1.04. The molecule has 0 saturated heterocycles. The highest BCUT2D eigenvalue weighted by Gasteiger charge is 2.28. The van der Waals surface area contributed by atoms with Crippen molar-refractivity contribution in [3.05, 3.63) is 131 Å². The summed E-state index contributed by atoms with van der Waals surface area (Å²) < 4.78 is 12.0. The minimum atomic E-state index is -0.304. The van der Waals surface area contributed by atoms with Gasteiger partial charge in [-0.1, -0.05) is 117 Å². The van der Waals surface area contributed by atoms with Crippen LogP contribution in [0.3, 0.4) is 0 Å². The molecule has 0 aliphatic carbocycles.